The van der Waals surface area contributed by atoms with Crippen molar-refractivity contribution in [3.63, 3.8) is 0 Å². The lowest BCUT2D eigenvalue weighted by Gasteiger charge is -2.19. The van der Waals surface area contributed by atoms with Crippen molar-refractivity contribution < 1.29 is 18.3 Å². The Labute approximate surface area is 179 Å². The molecule has 1 aromatic carbocycles. The van der Waals surface area contributed by atoms with Gasteiger partial charge in [-0.25, -0.2) is 13.4 Å². The number of hydrogen-bond acceptors (Lipinski definition) is 7. The van der Waals surface area contributed by atoms with Gasteiger partial charge in [0.1, 0.15) is 15.6 Å². The number of amides is 1. The zero-order valence-electron chi connectivity index (χ0n) is 16.8. The van der Waals surface area contributed by atoms with E-state index in [-0.39, 0.29) is 16.3 Å². The molecule has 0 saturated heterocycles. The van der Waals surface area contributed by atoms with Gasteiger partial charge in [0.05, 0.1) is 22.0 Å². The molecule has 0 fully saturated rings. The topological polar surface area (TPSA) is 112 Å². The van der Waals surface area contributed by atoms with E-state index < -0.39 is 15.9 Å². The van der Waals surface area contributed by atoms with Crippen LogP contribution < -0.4 is 5.32 Å². The largest absolute Gasteiger partial charge is 0.506 e. The highest BCUT2D eigenvalue weighted by Crippen LogP contribution is 2.31. The molecule has 2 heterocycles. The predicted molar refractivity (Wildman–Crippen MR) is 116 cm³/mol. The Kier molecular flexibility index (Phi) is 6.49. The van der Waals surface area contributed by atoms with Gasteiger partial charge in [-0.1, -0.05) is 19.9 Å². The zero-order valence-corrected chi connectivity index (χ0v) is 18.4. The second-order valence-electron chi connectivity index (χ2n) is 6.37. The molecule has 8 nitrogen and oxygen atoms in total. The maximum absolute atomic E-state index is 12.8. The fourth-order valence-electron chi connectivity index (χ4n) is 2.87. The molecule has 1 amide bonds. The summed E-state index contributed by atoms with van der Waals surface area (Å²) in [6, 6.07) is 9.25. The number of carbonyl (C=O) groups excluding carboxylic acids is 1. The van der Waals surface area contributed by atoms with Gasteiger partial charge in [-0.2, -0.15) is 4.31 Å². The van der Waals surface area contributed by atoms with E-state index in [1.807, 2.05) is 6.07 Å². The van der Waals surface area contributed by atoms with E-state index in [1.165, 1.54) is 33.8 Å². The van der Waals surface area contributed by atoms with Crippen LogP contribution in [0.3, 0.4) is 0 Å². The van der Waals surface area contributed by atoms with Gasteiger partial charge in [0.25, 0.3) is 5.91 Å². The number of aryl methyl sites for hydroxylation is 1. The maximum atomic E-state index is 12.8. The van der Waals surface area contributed by atoms with Gasteiger partial charge in [0, 0.05) is 19.3 Å². The summed E-state index contributed by atoms with van der Waals surface area (Å²) in [5.41, 5.74) is 1.18. The Morgan fingerprint density at radius 1 is 1.20 bits per heavy atom. The van der Waals surface area contributed by atoms with Crippen LogP contribution >= 0.6 is 11.3 Å². The molecule has 0 spiro atoms. The number of nitrogens with zero attached hydrogens (tertiary/aromatic N) is 3. The molecule has 2 aromatic heterocycles. The zero-order chi connectivity index (χ0) is 21.9. The number of hydrogen-bond donors (Lipinski definition) is 2. The molecule has 0 aliphatic heterocycles. The van der Waals surface area contributed by atoms with Crippen LogP contribution in [0.2, 0.25) is 0 Å². The molecule has 0 aliphatic carbocycles. The quantitative estimate of drug-likeness (QED) is 0.537. The summed E-state index contributed by atoms with van der Waals surface area (Å²) in [4.78, 5) is 21.8. The Bertz CT molecular complexity index is 1160. The van der Waals surface area contributed by atoms with Gasteiger partial charge in [0.15, 0.2) is 0 Å². The first-order chi connectivity index (χ1) is 14.3. The van der Waals surface area contributed by atoms with Crippen LogP contribution in [0.5, 0.6) is 5.75 Å². The van der Waals surface area contributed by atoms with E-state index in [4.69, 9.17) is 0 Å². The lowest BCUT2D eigenvalue weighted by molar-refractivity contribution is 0.102. The molecule has 3 aromatic rings. The number of aromatic nitrogens is 2. The van der Waals surface area contributed by atoms with E-state index in [2.05, 4.69) is 15.3 Å². The first-order valence-electron chi connectivity index (χ1n) is 9.31. The van der Waals surface area contributed by atoms with Crippen molar-refractivity contribution in [3.8, 4) is 16.5 Å². The van der Waals surface area contributed by atoms with Gasteiger partial charge in [-0.3, -0.25) is 9.78 Å². The lowest BCUT2D eigenvalue weighted by Crippen LogP contribution is -2.30. The van der Waals surface area contributed by atoms with Gasteiger partial charge in [-0.05, 0) is 37.3 Å². The van der Waals surface area contributed by atoms with Crippen molar-refractivity contribution in [2.24, 2.45) is 0 Å². The highest BCUT2D eigenvalue weighted by atomic mass is 32.2. The molecular formula is C20H22N4O4S2. The minimum absolute atomic E-state index is 0.00509. The molecule has 158 valence electrons. The SMILES string of the molecule is CCN(CC)S(=O)(=O)c1ccc(O)c(NC(=O)c2sc(-c3ccccn3)nc2C)c1. The van der Waals surface area contributed by atoms with Crippen molar-refractivity contribution in [2.45, 2.75) is 25.7 Å². The van der Waals surface area contributed by atoms with E-state index >= 15 is 0 Å². The summed E-state index contributed by atoms with van der Waals surface area (Å²) >= 11 is 1.17. The summed E-state index contributed by atoms with van der Waals surface area (Å²) < 4.78 is 26.8. The summed E-state index contributed by atoms with van der Waals surface area (Å²) in [6.07, 6.45) is 1.64. The first kappa shape index (κ1) is 21.9. The van der Waals surface area contributed by atoms with E-state index in [0.717, 1.165) is 0 Å². The molecular weight excluding hydrogens is 424 g/mol. The van der Waals surface area contributed by atoms with Crippen molar-refractivity contribution in [1.29, 1.82) is 0 Å². The number of phenols is 1. The molecule has 10 heteroatoms. The number of anilines is 1. The molecule has 0 radical (unpaired) electrons. The third-order valence-electron chi connectivity index (χ3n) is 4.45. The number of phenolic OH excluding ortho intramolecular Hbond substituents is 1. The number of carbonyl (C=O) groups is 1. The van der Waals surface area contributed by atoms with Crippen LogP contribution in [-0.4, -0.2) is 46.8 Å². The number of benzene rings is 1. The number of sulfonamides is 1. The van der Waals surface area contributed by atoms with Crippen LogP contribution in [0.25, 0.3) is 10.7 Å². The fourth-order valence-corrected chi connectivity index (χ4v) is 5.30. The van der Waals surface area contributed by atoms with Crippen molar-refractivity contribution in [2.75, 3.05) is 18.4 Å². The second-order valence-corrected chi connectivity index (χ2v) is 9.31. The summed E-state index contributed by atoms with van der Waals surface area (Å²) in [5.74, 6) is -0.714. The highest BCUT2D eigenvalue weighted by Gasteiger charge is 2.24. The molecule has 0 bridgehead atoms. The smallest absolute Gasteiger partial charge is 0.267 e. The van der Waals surface area contributed by atoms with E-state index in [9.17, 15) is 18.3 Å². The van der Waals surface area contributed by atoms with E-state index in [1.54, 1.807) is 39.1 Å². The Morgan fingerprint density at radius 2 is 1.93 bits per heavy atom. The minimum Gasteiger partial charge on any atom is -0.506 e. The van der Waals surface area contributed by atoms with Gasteiger partial charge < -0.3 is 10.4 Å². The predicted octanol–water partition coefficient (Wildman–Crippen LogP) is 3.50. The van der Waals surface area contributed by atoms with Crippen molar-refractivity contribution >= 4 is 33.0 Å². The molecule has 3 rings (SSSR count). The highest BCUT2D eigenvalue weighted by molar-refractivity contribution is 7.89. The normalized spacial score (nSPS) is 11.6. The maximum Gasteiger partial charge on any atom is 0.267 e. The third kappa shape index (κ3) is 4.35. The standard InChI is InChI=1S/C20H22N4O4S2/c1-4-24(5-2)30(27,28)14-9-10-17(25)16(12-14)23-19(26)18-13(3)22-20(29-18)15-8-6-7-11-21-15/h6-12,25H,4-5H2,1-3H3,(H,23,26). The van der Waals surface area contributed by atoms with Gasteiger partial charge >= 0.3 is 0 Å². The average Bonchev–Trinajstić information content (AvgIpc) is 3.12. The van der Waals surface area contributed by atoms with Crippen molar-refractivity contribution in [1.82, 2.24) is 14.3 Å². The molecule has 0 aliphatic rings. The van der Waals surface area contributed by atoms with Gasteiger partial charge in [0.2, 0.25) is 10.0 Å². The van der Waals surface area contributed by atoms with Crippen molar-refractivity contribution in [3.05, 3.63) is 53.2 Å². The van der Waals surface area contributed by atoms with Crippen LogP contribution in [0.4, 0.5) is 5.69 Å². The molecule has 0 atom stereocenters. The number of nitrogens with one attached hydrogen (secondary N) is 1. The fraction of sp³-hybridized carbons (Fsp3) is 0.250. The number of thiazole rings is 1. The molecule has 0 unspecified atom stereocenters. The first-order valence-corrected chi connectivity index (χ1v) is 11.6. The van der Waals surface area contributed by atoms with Crippen LogP contribution in [0.15, 0.2) is 47.5 Å². The summed E-state index contributed by atoms with van der Waals surface area (Å²) in [6.45, 7) is 5.83. The van der Waals surface area contributed by atoms with Crippen LogP contribution in [-0.2, 0) is 10.0 Å². The Hall–Kier alpha value is -2.82. The summed E-state index contributed by atoms with van der Waals surface area (Å²) in [5, 5.41) is 13.4. The summed E-state index contributed by atoms with van der Waals surface area (Å²) in [7, 11) is -3.73. The van der Waals surface area contributed by atoms with Crippen LogP contribution in [0.1, 0.15) is 29.2 Å². The van der Waals surface area contributed by atoms with Gasteiger partial charge in [-0.15, -0.1) is 11.3 Å². The number of pyridine rings is 1. The molecule has 0 saturated carbocycles. The Balaban J connectivity index is 1.90. The molecule has 30 heavy (non-hydrogen) atoms. The third-order valence-corrected chi connectivity index (χ3v) is 7.67. The van der Waals surface area contributed by atoms with Crippen LogP contribution in [0, 0.1) is 6.92 Å². The minimum atomic E-state index is -3.73. The number of aromatic hydroxyl groups is 1. The monoisotopic (exact) mass is 446 g/mol. The number of rotatable bonds is 7. The average molecular weight is 447 g/mol. The second kappa shape index (κ2) is 8.90. The van der Waals surface area contributed by atoms with E-state index in [0.29, 0.717) is 34.4 Å². The molecule has 2 N–H and O–H groups in total. The Morgan fingerprint density at radius 3 is 2.57 bits per heavy atom. The lowest BCUT2D eigenvalue weighted by atomic mass is 10.2.